The lowest BCUT2D eigenvalue weighted by Crippen LogP contribution is -2.06. The Morgan fingerprint density at radius 1 is 0.153 bits per heavy atom. The van der Waals surface area contributed by atoms with Crippen molar-refractivity contribution in [3.8, 4) is 142 Å². The fourth-order valence-electron chi connectivity index (χ4n) is 19.2. The van der Waals surface area contributed by atoms with Gasteiger partial charge in [-0.1, -0.05) is 376 Å². The first-order valence-electron chi connectivity index (χ1n) is 45.8. The zero-order valence-corrected chi connectivity index (χ0v) is 75.5. The largest absolute Gasteiger partial charge is 0.309 e. The van der Waals surface area contributed by atoms with Crippen LogP contribution in [0.15, 0.2) is 479 Å². The highest BCUT2D eigenvalue weighted by Crippen LogP contribution is 2.46. The van der Waals surface area contributed by atoms with E-state index in [2.05, 4.69) is 335 Å². The average molecular weight is 1790 g/mol. The first-order chi connectivity index (χ1) is 67.9. The lowest BCUT2D eigenvalue weighted by Gasteiger charge is -2.11. The van der Waals surface area contributed by atoms with Crippen molar-refractivity contribution >= 4 is 128 Å². The minimum absolute atomic E-state index is 0.600. The van der Waals surface area contributed by atoms with Crippen LogP contribution >= 0.6 is 22.7 Å². The molecule has 27 aromatic rings. The second kappa shape index (κ2) is 35.0. The molecule has 0 aliphatic rings. The van der Waals surface area contributed by atoms with Crippen molar-refractivity contribution in [1.82, 2.24) is 53.6 Å². The smallest absolute Gasteiger partial charge is 0.238 e. The highest BCUT2D eigenvalue weighted by atomic mass is 32.1. The third kappa shape index (κ3) is 15.2. The molecule has 0 aliphatic heterocycles. The Morgan fingerprint density at radius 3 is 0.788 bits per heavy atom. The quantitative estimate of drug-likeness (QED) is 0.106. The number of hydrogen-bond acceptors (Lipinski definition) is 10. The molecule has 19 aromatic carbocycles. The molecule has 11 nitrogen and oxygen atoms in total. The van der Waals surface area contributed by atoms with Crippen LogP contribution in [0, 0.1) is 0 Å². The second-order valence-electron chi connectivity index (χ2n) is 34.0. The van der Waals surface area contributed by atoms with Crippen LogP contribution in [0.25, 0.3) is 247 Å². The molecule has 8 heterocycles. The summed E-state index contributed by atoms with van der Waals surface area (Å²) in [6.45, 7) is 0. The number of thiophene rings is 2. The van der Waals surface area contributed by atoms with Gasteiger partial charge in [0.2, 0.25) is 5.95 Å². The topological polar surface area (TPSA) is 118 Å². The number of rotatable bonds is 14. The van der Waals surface area contributed by atoms with Gasteiger partial charge in [-0.05, 0) is 137 Å². The van der Waals surface area contributed by atoms with Crippen LogP contribution in [0.1, 0.15) is 0 Å². The van der Waals surface area contributed by atoms with Crippen molar-refractivity contribution in [2.24, 2.45) is 0 Å². The van der Waals surface area contributed by atoms with Gasteiger partial charge in [-0.3, -0.25) is 4.57 Å². The first kappa shape index (κ1) is 81.1. The van der Waals surface area contributed by atoms with Crippen molar-refractivity contribution in [3.63, 3.8) is 0 Å². The highest BCUT2D eigenvalue weighted by Gasteiger charge is 2.24. The van der Waals surface area contributed by atoms with Gasteiger partial charge in [-0.25, -0.2) is 29.9 Å². The van der Waals surface area contributed by atoms with Gasteiger partial charge in [0.05, 0.1) is 44.5 Å². The zero-order chi connectivity index (χ0) is 90.6. The summed E-state index contributed by atoms with van der Waals surface area (Å²) in [6, 6.07) is 168. The van der Waals surface area contributed by atoms with Gasteiger partial charge >= 0.3 is 0 Å². The highest BCUT2D eigenvalue weighted by molar-refractivity contribution is 7.26. The molecule has 0 N–H and O–H groups in total. The molecule has 0 unspecified atom stereocenters. The third-order valence-electron chi connectivity index (χ3n) is 25.8. The molecule has 642 valence electrons. The Labute approximate surface area is 796 Å². The van der Waals surface area contributed by atoms with Gasteiger partial charge in [0, 0.05) is 129 Å². The molecule has 0 spiro atoms. The molecule has 13 heteroatoms. The lowest BCUT2D eigenvalue weighted by atomic mass is 10.0. The van der Waals surface area contributed by atoms with Crippen LogP contribution in [0.3, 0.4) is 0 Å². The molecule has 0 amide bonds. The summed E-state index contributed by atoms with van der Waals surface area (Å²) in [5.41, 5.74) is 26.1. The lowest BCUT2D eigenvalue weighted by molar-refractivity contribution is 0.953. The maximum atomic E-state index is 5.06. The van der Waals surface area contributed by atoms with Crippen LogP contribution in [-0.4, -0.2) is 53.6 Å². The molecular formula is C124H79N11S2. The van der Waals surface area contributed by atoms with Crippen molar-refractivity contribution in [2.45, 2.75) is 0 Å². The van der Waals surface area contributed by atoms with E-state index in [4.69, 9.17) is 39.9 Å². The summed E-state index contributed by atoms with van der Waals surface area (Å²) in [4.78, 5) is 39.7. The molecule has 8 aromatic heterocycles. The Kier molecular flexibility index (Phi) is 20.7. The molecule has 0 saturated carbocycles. The average Bonchev–Trinajstić information content (AvgIpc) is 1.60. The minimum Gasteiger partial charge on any atom is -0.309 e. The van der Waals surface area contributed by atoms with Crippen molar-refractivity contribution < 1.29 is 0 Å². The Hall–Kier alpha value is -17.9. The van der Waals surface area contributed by atoms with Crippen molar-refractivity contribution in [1.29, 1.82) is 0 Å². The van der Waals surface area contributed by atoms with Crippen LogP contribution in [-0.2, 0) is 0 Å². The fourth-order valence-corrected chi connectivity index (χ4v) is 21.7. The van der Waals surface area contributed by atoms with Gasteiger partial charge in [0.15, 0.2) is 34.9 Å². The molecule has 0 saturated heterocycles. The Morgan fingerprint density at radius 2 is 0.409 bits per heavy atom. The summed E-state index contributed by atoms with van der Waals surface area (Å²) in [6.07, 6.45) is 0. The van der Waals surface area contributed by atoms with Crippen molar-refractivity contribution in [2.75, 3.05) is 0 Å². The number of benzene rings is 19. The van der Waals surface area contributed by atoms with Crippen molar-refractivity contribution in [3.05, 3.63) is 479 Å². The van der Waals surface area contributed by atoms with Crippen LogP contribution in [0.2, 0.25) is 0 Å². The SMILES string of the molecule is c1ccc(-c2cc(-c3ccccc3)nc(-c3ccc(-c4ccc(-n5c6ccccc6c6ccccc65)cc4)cc3)n2)cc1.c1ccc(-c2nc(-c3ccccc3)nc(-c3ccc(-n4c5ccccc5c5cc(-c6cccc7c6sc6ccccc67)ccc54)cc3)n2)cc1.c1ccc(-c2nc(-c3ccccc3)nc(-n3c4ccccc4c4cc(-c5cccc6c5sc5ccccc56)ccc43)n2)cc1. The number of hydrogen-bond donors (Lipinski definition) is 0. The van der Waals surface area contributed by atoms with Gasteiger partial charge in [-0.15, -0.1) is 22.7 Å². The first-order valence-corrected chi connectivity index (χ1v) is 47.5. The molecule has 0 atom stereocenters. The fraction of sp³-hybridized carbons (Fsp3) is 0. The molecule has 0 radical (unpaired) electrons. The van der Waals surface area contributed by atoms with E-state index in [1.54, 1.807) is 0 Å². The normalized spacial score (nSPS) is 11.5. The Balaban J connectivity index is 0.000000110. The third-order valence-corrected chi connectivity index (χ3v) is 28.2. The van der Waals surface area contributed by atoms with Gasteiger partial charge in [0.25, 0.3) is 0 Å². The van der Waals surface area contributed by atoms with E-state index in [0.29, 0.717) is 40.9 Å². The van der Waals surface area contributed by atoms with Gasteiger partial charge in [-0.2, -0.15) is 9.97 Å². The molecule has 0 aliphatic carbocycles. The van der Waals surface area contributed by atoms with E-state index in [0.717, 1.165) is 89.3 Å². The number of nitrogens with zero attached hydrogens (tertiary/aromatic N) is 11. The van der Waals surface area contributed by atoms with E-state index < -0.39 is 0 Å². The summed E-state index contributed by atoms with van der Waals surface area (Å²) < 4.78 is 12.2. The minimum atomic E-state index is 0.600. The van der Waals surface area contributed by atoms with Gasteiger partial charge < -0.3 is 9.13 Å². The maximum Gasteiger partial charge on any atom is 0.238 e. The summed E-state index contributed by atoms with van der Waals surface area (Å²) in [5, 5.41) is 12.6. The van der Waals surface area contributed by atoms with Crippen LogP contribution in [0.4, 0.5) is 0 Å². The standard InChI is InChI=1S/C45H28N4S.C40H27N3.C39H24N4S/c1-3-12-29(13-4-1)43-46-44(30-14-5-2-6-15-30)48-45(47-43)31-22-25-33(26-23-31)49-39-20-9-7-16-35(39)38-28-32(24-27-40(38)49)34-18-11-19-37-36-17-8-10-21-41(36)50-42(34)37;1-3-11-30(12-4-1)36-27-37(31-13-5-2-6-14-31)42-40(41-36)32-21-19-28(20-22-32)29-23-25-33(26-24-29)43-38-17-9-7-15-34(38)35-16-8-10-18-39(35)43;1-3-12-25(13-4-1)37-40-38(26-14-5-2-6-15-26)42-39(41-37)43-33-20-9-7-16-29(33)32-24-27(22-23-34(32)43)28-18-11-19-31-30-17-8-10-21-35(30)44-36(28)31/h1-28H;1-27H;1-24H. The molecule has 0 bridgehead atoms. The van der Waals surface area contributed by atoms with E-state index in [1.165, 1.54) is 117 Å². The molecule has 0 fully saturated rings. The number of fused-ring (bicyclic) bond motifs is 15. The predicted molar refractivity (Wildman–Crippen MR) is 570 cm³/mol. The monoisotopic (exact) mass is 1790 g/mol. The zero-order valence-electron chi connectivity index (χ0n) is 73.8. The van der Waals surface area contributed by atoms with Crippen LogP contribution < -0.4 is 0 Å². The molecule has 27 rings (SSSR count). The summed E-state index contributed by atoms with van der Waals surface area (Å²) in [7, 11) is 0. The van der Waals surface area contributed by atoms with Crippen LogP contribution in [0.5, 0.6) is 0 Å². The summed E-state index contributed by atoms with van der Waals surface area (Å²) in [5.74, 6) is 4.57. The van der Waals surface area contributed by atoms with E-state index in [-0.39, 0.29) is 0 Å². The Bertz CT molecular complexity index is 9020. The number of aromatic nitrogens is 11. The van der Waals surface area contributed by atoms with E-state index in [9.17, 15) is 0 Å². The second-order valence-corrected chi connectivity index (χ2v) is 36.1. The molecule has 137 heavy (non-hydrogen) atoms. The summed E-state index contributed by atoms with van der Waals surface area (Å²) >= 11 is 3.73. The number of para-hydroxylation sites is 4. The predicted octanol–water partition coefficient (Wildman–Crippen LogP) is 32.6. The van der Waals surface area contributed by atoms with Gasteiger partial charge in [0.1, 0.15) is 0 Å². The van der Waals surface area contributed by atoms with E-state index >= 15 is 0 Å². The maximum absolute atomic E-state index is 5.06. The molecular weight excluding hydrogens is 1710 g/mol. The van der Waals surface area contributed by atoms with E-state index in [1.807, 2.05) is 180 Å².